The fourth-order valence-corrected chi connectivity index (χ4v) is 2.90. The van der Waals surface area contributed by atoms with Crippen molar-refractivity contribution in [2.45, 2.75) is 19.3 Å². The van der Waals surface area contributed by atoms with Crippen LogP contribution >= 0.6 is 11.3 Å². The van der Waals surface area contributed by atoms with Crippen molar-refractivity contribution in [2.24, 2.45) is 0 Å². The van der Waals surface area contributed by atoms with Crippen LogP contribution in [0.4, 0.5) is 11.4 Å². The second-order valence-corrected chi connectivity index (χ2v) is 6.02. The van der Waals surface area contributed by atoms with Crippen molar-refractivity contribution in [3.63, 3.8) is 0 Å². The summed E-state index contributed by atoms with van der Waals surface area (Å²) in [5.74, 6) is 0.00548. The zero-order valence-corrected chi connectivity index (χ0v) is 13.5. The first-order valence-corrected chi connectivity index (χ1v) is 8.31. The van der Waals surface area contributed by atoms with Gasteiger partial charge in [-0.05, 0) is 30.4 Å². The molecule has 2 rings (SSSR count). The number of para-hydroxylation sites is 2. The van der Waals surface area contributed by atoms with E-state index in [2.05, 4.69) is 16.7 Å². The molecule has 1 aromatic heterocycles. The normalized spacial score (nSPS) is 10.3. The van der Waals surface area contributed by atoms with Crippen LogP contribution in [0.1, 0.15) is 17.7 Å². The van der Waals surface area contributed by atoms with Gasteiger partial charge in [0, 0.05) is 30.5 Å². The Morgan fingerprint density at radius 3 is 2.74 bits per heavy atom. The third kappa shape index (κ3) is 5.71. The molecule has 0 bridgehead atoms. The number of aryl methyl sites for hydroxylation is 1. The minimum Gasteiger partial charge on any atom is -0.378 e. The smallest absolute Gasteiger partial charge is 0.292 e. The largest absolute Gasteiger partial charge is 0.378 e. The third-order valence-electron chi connectivity index (χ3n) is 3.27. The predicted molar refractivity (Wildman–Crippen MR) is 91.9 cm³/mol. The average Bonchev–Trinajstić information content (AvgIpc) is 3.05. The van der Waals surface area contributed by atoms with Crippen molar-refractivity contribution >= 4 is 28.6 Å². The van der Waals surface area contributed by atoms with E-state index in [4.69, 9.17) is 0 Å². The quantitative estimate of drug-likeness (QED) is 0.419. The summed E-state index contributed by atoms with van der Waals surface area (Å²) in [5, 5.41) is 18.7. The molecule has 2 N–H and O–H groups in total. The van der Waals surface area contributed by atoms with E-state index in [1.165, 1.54) is 10.9 Å². The van der Waals surface area contributed by atoms with E-state index in [0.29, 0.717) is 25.2 Å². The molecule has 0 saturated carbocycles. The van der Waals surface area contributed by atoms with Crippen LogP contribution in [0, 0.1) is 10.1 Å². The maximum atomic E-state index is 11.7. The molecule has 0 fully saturated rings. The fourth-order valence-electron chi connectivity index (χ4n) is 2.15. The Morgan fingerprint density at radius 1 is 1.17 bits per heavy atom. The summed E-state index contributed by atoms with van der Waals surface area (Å²) in [6, 6.07) is 10.5. The van der Waals surface area contributed by atoms with Gasteiger partial charge in [0.25, 0.3) is 5.69 Å². The van der Waals surface area contributed by atoms with Gasteiger partial charge >= 0.3 is 0 Å². The third-order valence-corrected chi connectivity index (χ3v) is 4.21. The number of rotatable bonds is 9. The molecular formula is C16H19N3O3S. The van der Waals surface area contributed by atoms with Gasteiger partial charge < -0.3 is 10.6 Å². The lowest BCUT2D eigenvalue weighted by molar-refractivity contribution is -0.384. The van der Waals surface area contributed by atoms with Gasteiger partial charge in [-0.3, -0.25) is 14.9 Å². The Labute approximate surface area is 138 Å². The van der Waals surface area contributed by atoms with Crippen LogP contribution in [0.3, 0.4) is 0 Å². The molecule has 0 aliphatic heterocycles. The topological polar surface area (TPSA) is 84.3 Å². The minimum absolute atomic E-state index is 0.00548. The van der Waals surface area contributed by atoms with Crippen LogP contribution in [-0.4, -0.2) is 23.9 Å². The number of nitrogens with zero attached hydrogens (tertiary/aromatic N) is 1. The molecule has 0 saturated heterocycles. The molecule has 1 aromatic carbocycles. The van der Waals surface area contributed by atoms with Crippen LogP contribution in [0.5, 0.6) is 0 Å². The Hall–Kier alpha value is -2.41. The summed E-state index contributed by atoms with van der Waals surface area (Å²) < 4.78 is 0. The van der Waals surface area contributed by atoms with Crippen molar-refractivity contribution < 1.29 is 9.72 Å². The van der Waals surface area contributed by atoms with Gasteiger partial charge in [0.1, 0.15) is 5.69 Å². The Bertz CT molecular complexity index is 644. The molecule has 0 unspecified atom stereocenters. The Kier molecular flexibility index (Phi) is 6.56. The minimum atomic E-state index is -0.425. The summed E-state index contributed by atoms with van der Waals surface area (Å²) in [4.78, 5) is 23.5. The highest BCUT2D eigenvalue weighted by Gasteiger charge is 2.11. The summed E-state index contributed by atoms with van der Waals surface area (Å²) in [6.45, 7) is 0.880. The van der Waals surface area contributed by atoms with E-state index in [1.807, 2.05) is 11.4 Å². The van der Waals surface area contributed by atoms with Crippen LogP contribution < -0.4 is 10.6 Å². The van der Waals surface area contributed by atoms with Gasteiger partial charge in [-0.15, -0.1) is 11.3 Å². The molecule has 0 spiro atoms. The van der Waals surface area contributed by atoms with Gasteiger partial charge in [0.15, 0.2) is 0 Å². The van der Waals surface area contributed by atoms with Crippen LogP contribution in [0.2, 0.25) is 0 Å². The zero-order chi connectivity index (χ0) is 16.5. The Balaban J connectivity index is 1.63. The van der Waals surface area contributed by atoms with E-state index in [-0.39, 0.29) is 11.6 Å². The standard InChI is InChI=1S/C16H19N3O3S/c20-16(9-3-5-13-6-4-12-23-13)18-11-10-17-14-7-1-2-8-15(14)19(21)22/h1-2,4,6-8,12,17H,3,5,9-11H2,(H,18,20). The molecular weight excluding hydrogens is 314 g/mol. The molecule has 0 aliphatic carbocycles. The molecule has 122 valence electrons. The molecule has 6 nitrogen and oxygen atoms in total. The first-order chi connectivity index (χ1) is 11.2. The van der Waals surface area contributed by atoms with Crippen molar-refractivity contribution in [2.75, 3.05) is 18.4 Å². The number of hydrogen-bond acceptors (Lipinski definition) is 5. The van der Waals surface area contributed by atoms with Gasteiger partial charge in [0.05, 0.1) is 4.92 Å². The molecule has 0 radical (unpaired) electrons. The van der Waals surface area contributed by atoms with Crippen LogP contribution in [0.15, 0.2) is 41.8 Å². The number of nitro groups is 1. The predicted octanol–water partition coefficient (Wildman–Crippen LogP) is 3.21. The van der Waals surface area contributed by atoms with Crippen molar-refractivity contribution in [1.29, 1.82) is 0 Å². The van der Waals surface area contributed by atoms with E-state index in [9.17, 15) is 14.9 Å². The van der Waals surface area contributed by atoms with Crippen molar-refractivity contribution in [3.8, 4) is 0 Å². The Morgan fingerprint density at radius 2 is 2.00 bits per heavy atom. The molecule has 1 amide bonds. The van der Waals surface area contributed by atoms with Gasteiger partial charge in [-0.1, -0.05) is 18.2 Å². The van der Waals surface area contributed by atoms with Gasteiger partial charge in [0.2, 0.25) is 5.91 Å². The maximum Gasteiger partial charge on any atom is 0.292 e. The monoisotopic (exact) mass is 333 g/mol. The molecule has 0 atom stereocenters. The van der Waals surface area contributed by atoms with Gasteiger partial charge in [-0.25, -0.2) is 0 Å². The number of anilines is 1. The zero-order valence-electron chi connectivity index (χ0n) is 12.7. The lowest BCUT2D eigenvalue weighted by Crippen LogP contribution is -2.28. The lowest BCUT2D eigenvalue weighted by Gasteiger charge is -2.08. The molecule has 0 aliphatic rings. The highest BCUT2D eigenvalue weighted by atomic mass is 32.1. The average molecular weight is 333 g/mol. The second-order valence-electron chi connectivity index (χ2n) is 4.98. The number of benzene rings is 1. The molecule has 1 heterocycles. The fraction of sp³-hybridized carbons (Fsp3) is 0.312. The van der Waals surface area contributed by atoms with E-state index >= 15 is 0 Å². The lowest BCUT2D eigenvalue weighted by atomic mass is 10.2. The van der Waals surface area contributed by atoms with Crippen LogP contribution in [0.25, 0.3) is 0 Å². The van der Waals surface area contributed by atoms with E-state index in [0.717, 1.165) is 12.8 Å². The number of thiophene rings is 1. The van der Waals surface area contributed by atoms with Crippen molar-refractivity contribution in [3.05, 3.63) is 56.8 Å². The SMILES string of the molecule is O=C(CCCc1cccs1)NCCNc1ccccc1[N+](=O)[O-]. The van der Waals surface area contributed by atoms with E-state index in [1.54, 1.807) is 29.5 Å². The maximum absolute atomic E-state index is 11.7. The number of amides is 1. The first kappa shape index (κ1) is 17.0. The number of hydrogen-bond donors (Lipinski definition) is 2. The number of nitro benzene ring substituents is 1. The molecule has 23 heavy (non-hydrogen) atoms. The summed E-state index contributed by atoms with van der Waals surface area (Å²) in [5.41, 5.74) is 0.499. The highest BCUT2D eigenvalue weighted by Crippen LogP contribution is 2.22. The van der Waals surface area contributed by atoms with Crippen molar-refractivity contribution in [1.82, 2.24) is 5.32 Å². The summed E-state index contributed by atoms with van der Waals surface area (Å²) in [6.07, 6.45) is 2.23. The second kappa shape index (κ2) is 8.89. The van der Waals surface area contributed by atoms with E-state index < -0.39 is 4.92 Å². The number of carbonyl (C=O) groups excluding carboxylic acids is 1. The first-order valence-electron chi connectivity index (χ1n) is 7.43. The molecule has 2 aromatic rings. The van der Waals surface area contributed by atoms with Crippen LogP contribution in [-0.2, 0) is 11.2 Å². The highest BCUT2D eigenvalue weighted by molar-refractivity contribution is 7.09. The summed E-state index contributed by atoms with van der Waals surface area (Å²) >= 11 is 1.70. The van der Waals surface area contributed by atoms with Gasteiger partial charge in [-0.2, -0.15) is 0 Å². The summed E-state index contributed by atoms with van der Waals surface area (Å²) in [7, 11) is 0. The number of carbonyl (C=O) groups is 1. The number of nitrogens with one attached hydrogen (secondary N) is 2. The molecule has 7 heteroatoms.